The number of nitrogens with one attached hydrogen (secondary N) is 1. The highest BCUT2D eigenvalue weighted by Crippen LogP contribution is 1.88. The normalized spacial score (nSPS) is 7.20. The van der Waals surface area contributed by atoms with Crippen LogP contribution in [0.4, 0.5) is 0 Å². The van der Waals surface area contributed by atoms with Gasteiger partial charge in [0.25, 0.3) is 0 Å². The summed E-state index contributed by atoms with van der Waals surface area (Å²) in [4.78, 5) is 0. The monoisotopic (exact) mass is 183 g/mol. The molecule has 2 heteroatoms. The number of alkyl halides is 1. The molecule has 0 radical (unpaired) electrons. The first kappa shape index (κ1) is 5.27. The second-order valence-corrected chi connectivity index (χ2v) is 2.22. The van der Waals surface area contributed by atoms with Crippen molar-refractivity contribution in [2.24, 2.45) is 0 Å². The Kier molecular flexibility index (Phi) is 4.50. The van der Waals surface area contributed by atoms with Crippen LogP contribution in [-0.2, 0) is 0 Å². The van der Waals surface area contributed by atoms with Crippen LogP contribution in [-0.4, -0.2) is 4.43 Å². The van der Waals surface area contributed by atoms with E-state index in [0.29, 0.717) is 0 Å². The minimum Gasteiger partial charge on any atom is -0.278 e. The largest absolute Gasteiger partial charge is 0.278 e. The Morgan fingerprint density at radius 1 is 2.00 bits per heavy atom. The van der Waals surface area contributed by atoms with Gasteiger partial charge in [0.1, 0.15) is 0 Å². The second-order valence-electron chi connectivity index (χ2n) is 0.577. The fourth-order valence-corrected chi connectivity index (χ4v) is 0.366. The number of rotatable bonds is 2. The molecule has 0 unspecified atom stereocenters. The third-order valence-electron chi connectivity index (χ3n) is 0.186. The number of halogens is 1. The number of hydrogen-bond donors (Lipinski definition) is 1. The van der Waals surface area contributed by atoms with Crippen molar-refractivity contribution in [2.75, 3.05) is 4.43 Å². The molecule has 0 amide bonds. The van der Waals surface area contributed by atoms with Gasteiger partial charge in [-0.3, -0.25) is 3.56 Å². The lowest BCUT2D eigenvalue weighted by molar-refractivity contribution is 1.71. The van der Waals surface area contributed by atoms with Crippen molar-refractivity contribution < 1.29 is 0 Å². The summed E-state index contributed by atoms with van der Waals surface area (Å²) < 4.78 is 7.57. The first-order valence-corrected chi connectivity index (χ1v) is 3.88. The van der Waals surface area contributed by atoms with Gasteiger partial charge in [-0.25, -0.2) is 0 Å². The first-order chi connectivity index (χ1) is 2.41. The molecule has 0 fully saturated rings. The summed E-state index contributed by atoms with van der Waals surface area (Å²) in [6, 6.07) is 0. The van der Waals surface area contributed by atoms with Gasteiger partial charge in [-0.05, 0) is 21.0 Å². The maximum atomic E-state index is 6.64. The summed E-state index contributed by atoms with van der Waals surface area (Å²) in [5.41, 5.74) is 0. The quantitative estimate of drug-likeness (QED) is 0.384. The zero-order valence-electron chi connectivity index (χ0n) is 2.87. The minimum atomic E-state index is -0.261. The van der Waals surface area contributed by atoms with E-state index in [1.807, 2.05) is 0 Å². The second kappa shape index (κ2) is 4.27. The van der Waals surface area contributed by atoms with E-state index in [2.05, 4.69) is 6.58 Å². The predicted octanol–water partition coefficient (Wildman–Crippen LogP) is 1.91. The van der Waals surface area contributed by atoms with Gasteiger partial charge in [0.15, 0.2) is 0 Å². The minimum absolute atomic E-state index is 0.261. The zero-order chi connectivity index (χ0) is 4.12. The van der Waals surface area contributed by atoms with Crippen LogP contribution in [0, 0.1) is 3.56 Å². The lowest BCUT2D eigenvalue weighted by Gasteiger charge is -1.61. The van der Waals surface area contributed by atoms with E-state index < -0.39 is 0 Å². The maximum Gasteiger partial charge on any atom is 0.0287 e. The van der Waals surface area contributed by atoms with Gasteiger partial charge < -0.3 is 0 Å². The number of allylic oxidation sites excluding steroid dienone is 1. The maximum absolute atomic E-state index is 6.64. The molecule has 0 heterocycles. The molecule has 0 saturated heterocycles. The van der Waals surface area contributed by atoms with Crippen LogP contribution in [0.2, 0.25) is 0 Å². The summed E-state index contributed by atoms with van der Waals surface area (Å²) in [6.45, 7) is 3.46. The molecule has 0 aromatic heterocycles. The molecular weight excluding hydrogens is 177 g/mol. The van der Waals surface area contributed by atoms with E-state index in [1.54, 1.807) is 6.08 Å². The van der Waals surface area contributed by atoms with Crippen molar-refractivity contribution >= 4 is 21.0 Å². The Hall–Kier alpha value is 0.270. The van der Waals surface area contributed by atoms with E-state index in [9.17, 15) is 0 Å². The fourth-order valence-electron chi connectivity index (χ4n) is 0.0546. The highest BCUT2D eigenvalue weighted by molar-refractivity contribution is 14.1. The summed E-state index contributed by atoms with van der Waals surface area (Å²) in [5.74, 6) is 0. The predicted molar refractivity (Wildman–Crippen MR) is 31.8 cm³/mol. The number of hydrogen-bond acceptors (Lipinski definition) is 1. The van der Waals surface area contributed by atoms with Gasteiger partial charge in [0, 0.05) is 4.43 Å². The molecule has 1 N–H and O–H groups in total. The average Bonchev–Trinajstić information content (AvgIpc) is 1.41. The molecule has 0 saturated carbocycles. The molecule has 0 aliphatic carbocycles. The van der Waals surface area contributed by atoms with Crippen LogP contribution in [0.25, 0.3) is 0 Å². The lowest BCUT2D eigenvalue weighted by Crippen LogP contribution is -1.46. The molecule has 0 aromatic carbocycles. The van der Waals surface area contributed by atoms with E-state index in [-0.39, 0.29) is 21.0 Å². The highest BCUT2D eigenvalue weighted by Gasteiger charge is 1.55. The molecule has 0 rings (SSSR count). The van der Waals surface area contributed by atoms with Crippen LogP contribution in [0.5, 0.6) is 0 Å². The molecule has 1 nitrogen and oxygen atoms in total. The van der Waals surface area contributed by atoms with Gasteiger partial charge >= 0.3 is 0 Å². The van der Waals surface area contributed by atoms with E-state index in [4.69, 9.17) is 3.56 Å². The third kappa shape index (κ3) is 4.27. The van der Waals surface area contributed by atoms with Crippen molar-refractivity contribution in [3.8, 4) is 0 Å². The van der Waals surface area contributed by atoms with Crippen molar-refractivity contribution in [2.45, 2.75) is 0 Å². The molecular formula is C3H6IN. The summed E-state index contributed by atoms with van der Waals surface area (Å²) in [7, 11) is 0. The van der Waals surface area contributed by atoms with E-state index >= 15 is 0 Å². The summed E-state index contributed by atoms with van der Waals surface area (Å²) in [6.07, 6.45) is 1.79. The SMILES string of the molecule is C=CCI=N. The van der Waals surface area contributed by atoms with E-state index in [1.165, 1.54) is 0 Å². The van der Waals surface area contributed by atoms with Crippen molar-refractivity contribution in [1.29, 1.82) is 3.56 Å². The van der Waals surface area contributed by atoms with Crippen molar-refractivity contribution in [3.63, 3.8) is 0 Å². The molecule has 5 heavy (non-hydrogen) atoms. The van der Waals surface area contributed by atoms with Crippen LogP contribution in [0.3, 0.4) is 0 Å². The Labute approximate surface area is 42.0 Å². The van der Waals surface area contributed by atoms with Crippen LogP contribution in [0.1, 0.15) is 0 Å². The molecule has 0 bridgehead atoms. The first-order valence-electron chi connectivity index (χ1n) is 1.27. The van der Waals surface area contributed by atoms with Gasteiger partial charge in [0.2, 0.25) is 0 Å². The highest BCUT2D eigenvalue weighted by atomic mass is 127. The van der Waals surface area contributed by atoms with Gasteiger partial charge in [0.05, 0.1) is 0 Å². The Bertz CT molecular complexity index is 36.2. The third-order valence-corrected chi connectivity index (χ3v) is 1.25. The van der Waals surface area contributed by atoms with Gasteiger partial charge in [-0.2, -0.15) is 0 Å². The van der Waals surface area contributed by atoms with E-state index in [0.717, 1.165) is 4.43 Å². The zero-order valence-corrected chi connectivity index (χ0v) is 5.03. The van der Waals surface area contributed by atoms with Crippen LogP contribution in [0.15, 0.2) is 12.7 Å². The topological polar surface area (TPSA) is 23.9 Å². The fraction of sp³-hybridized carbons (Fsp3) is 0.333. The molecule has 0 spiro atoms. The lowest BCUT2D eigenvalue weighted by atomic mass is 10.8. The van der Waals surface area contributed by atoms with Crippen LogP contribution < -0.4 is 0 Å². The molecule has 0 atom stereocenters. The van der Waals surface area contributed by atoms with Gasteiger partial charge in [-0.15, -0.1) is 6.58 Å². The van der Waals surface area contributed by atoms with Crippen molar-refractivity contribution in [1.82, 2.24) is 0 Å². The Morgan fingerprint density at radius 3 is 2.60 bits per heavy atom. The Balaban J connectivity index is 2.65. The smallest absolute Gasteiger partial charge is 0.0287 e. The molecule has 0 aromatic rings. The standard InChI is InChI=1S/C3H6IN/c1-2-3-4-5/h2,5H,1,3H2. The summed E-state index contributed by atoms with van der Waals surface area (Å²) in [5, 5.41) is 0. The Morgan fingerprint density at radius 2 is 2.60 bits per heavy atom. The van der Waals surface area contributed by atoms with Crippen molar-refractivity contribution in [3.05, 3.63) is 12.7 Å². The van der Waals surface area contributed by atoms with Gasteiger partial charge in [-0.1, -0.05) is 6.08 Å². The molecule has 0 aliphatic heterocycles. The average molecular weight is 183 g/mol. The summed E-state index contributed by atoms with van der Waals surface area (Å²) >= 11 is -0.261. The molecule has 0 aliphatic rings. The van der Waals surface area contributed by atoms with Crippen LogP contribution >= 0.6 is 21.0 Å². The molecule has 30 valence electrons.